The lowest BCUT2D eigenvalue weighted by Gasteiger charge is -2.29. The van der Waals surface area contributed by atoms with Crippen molar-refractivity contribution >= 4 is 12.0 Å². The number of carboxylic acid groups (broad SMARTS) is 1. The van der Waals surface area contributed by atoms with E-state index in [1.807, 2.05) is 6.07 Å². The van der Waals surface area contributed by atoms with Crippen LogP contribution in [-0.4, -0.2) is 53.1 Å². The molecule has 0 heterocycles. The molecule has 0 aliphatic rings. The molecule has 0 radical (unpaired) electrons. The van der Waals surface area contributed by atoms with E-state index in [4.69, 9.17) is 16.8 Å². The number of rotatable bonds is 5. The molecule has 0 aliphatic carbocycles. The minimum Gasteiger partial charge on any atom is -0.480 e. The van der Waals surface area contributed by atoms with E-state index in [1.165, 1.54) is 11.9 Å². The largest absolute Gasteiger partial charge is 0.480 e. The van der Waals surface area contributed by atoms with Crippen LogP contribution in [0.5, 0.6) is 0 Å². The Morgan fingerprint density at radius 2 is 2.12 bits per heavy atom. The average molecular weight is 237 g/mol. The molecule has 6 nitrogen and oxygen atoms in total. The number of nitrogens with zero attached hydrogens (tertiary/aromatic N) is 3. The number of carbonyl (C=O) groups excluding carboxylic acids is 1. The summed E-state index contributed by atoms with van der Waals surface area (Å²) in [5.41, 5.74) is 0. The zero-order valence-corrected chi connectivity index (χ0v) is 9.88. The van der Waals surface area contributed by atoms with Gasteiger partial charge in [0.2, 0.25) is 0 Å². The van der Waals surface area contributed by atoms with Crippen LogP contribution in [0.1, 0.15) is 13.3 Å². The molecule has 92 valence electrons. The first-order valence-electron chi connectivity index (χ1n) is 4.98. The van der Waals surface area contributed by atoms with Crippen molar-refractivity contribution in [2.75, 3.05) is 20.1 Å². The highest BCUT2D eigenvalue weighted by Gasteiger charge is 2.22. The second-order valence-electron chi connectivity index (χ2n) is 3.56. The summed E-state index contributed by atoms with van der Waals surface area (Å²) in [7, 11) is 1.51. The predicted octanol–water partition coefficient (Wildman–Crippen LogP) is 0.360. The number of terminal acetylenes is 1. The lowest BCUT2D eigenvalue weighted by Crippen LogP contribution is -2.47. The molecule has 0 rings (SSSR count). The van der Waals surface area contributed by atoms with E-state index < -0.39 is 18.5 Å². The molecule has 0 aromatic carbocycles. The zero-order chi connectivity index (χ0) is 13.4. The van der Waals surface area contributed by atoms with E-state index in [0.29, 0.717) is 0 Å². The van der Waals surface area contributed by atoms with Crippen LogP contribution in [0.4, 0.5) is 4.79 Å². The van der Waals surface area contributed by atoms with Gasteiger partial charge in [-0.2, -0.15) is 5.26 Å². The number of amides is 2. The van der Waals surface area contributed by atoms with Gasteiger partial charge in [-0.1, -0.05) is 5.92 Å². The summed E-state index contributed by atoms with van der Waals surface area (Å²) in [6.45, 7) is 1.18. The van der Waals surface area contributed by atoms with Gasteiger partial charge in [-0.3, -0.25) is 4.79 Å². The van der Waals surface area contributed by atoms with Crippen molar-refractivity contribution in [3.8, 4) is 18.4 Å². The molecule has 0 aromatic heterocycles. The van der Waals surface area contributed by atoms with Gasteiger partial charge in [0.25, 0.3) is 0 Å². The number of carboxylic acids is 1. The molecule has 2 amide bonds. The standard InChI is InChI=1S/C11H15N3O3/c1-4-7-14(8-10(15)16)11(17)13(3)9(2)5-6-12/h1,9H,5,7-8H2,2-3H3,(H,15,16). The second-order valence-corrected chi connectivity index (χ2v) is 3.56. The van der Waals surface area contributed by atoms with Gasteiger partial charge in [0.1, 0.15) is 6.54 Å². The second kappa shape index (κ2) is 7.13. The van der Waals surface area contributed by atoms with Crippen LogP contribution in [0.25, 0.3) is 0 Å². The molecule has 17 heavy (non-hydrogen) atoms. The number of hydrogen-bond acceptors (Lipinski definition) is 3. The van der Waals surface area contributed by atoms with E-state index in [9.17, 15) is 9.59 Å². The van der Waals surface area contributed by atoms with Gasteiger partial charge in [0.05, 0.1) is 19.0 Å². The lowest BCUT2D eigenvalue weighted by molar-refractivity contribution is -0.137. The summed E-state index contributed by atoms with van der Waals surface area (Å²) in [6.07, 6.45) is 5.25. The van der Waals surface area contributed by atoms with Crippen molar-refractivity contribution in [3.63, 3.8) is 0 Å². The number of nitriles is 1. The topological polar surface area (TPSA) is 84.6 Å². The van der Waals surface area contributed by atoms with Gasteiger partial charge < -0.3 is 14.9 Å². The van der Waals surface area contributed by atoms with Crippen molar-refractivity contribution in [1.82, 2.24) is 9.80 Å². The quantitative estimate of drug-likeness (QED) is 0.700. The fraction of sp³-hybridized carbons (Fsp3) is 0.545. The van der Waals surface area contributed by atoms with Crippen LogP contribution in [-0.2, 0) is 4.79 Å². The first kappa shape index (κ1) is 14.8. The van der Waals surface area contributed by atoms with Crippen LogP contribution >= 0.6 is 0 Å². The Balaban J connectivity index is 4.66. The van der Waals surface area contributed by atoms with Gasteiger partial charge in [-0.25, -0.2) is 4.79 Å². The third-order valence-electron chi connectivity index (χ3n) is 2.23. The number of aliphatic carboxylic acids is 1. The van der Waals surface area contributed by atoms with Crippen LogP contribution in [0.2, 0.25) is 0 Å². The maximum atomic E-state index is 11.9. The molecule has 0 saturated heterocycles. The Bertz CT molecular complexity index is 367. The predicted molar refractivity (Wildman–Crippen MR) is 60.9 cm³/mol. The molecule has 6 heteroatoms. The minimum absolute atomic E-state index is 0.0747. The van der Waals surface area contributed by atoms with Crippen LogP contribution in [0.3, 0.4) is 0 Å². The summed E-state index contributed by atoms with van der Waals surface area (Å²) in [5, 5.41) is 17.2. The zero-order valence-electron chi connectivity index (χ0n) is 9.88. The molecular weight excluding hydrogens is 222 g/mol. The monoisotopic (exact) mass is 237 g/mol. The average Bonchev–Trinajstić information content (AvgIpc) is 2.26. The molecular formula is C11H15N3O3. The number of urea groups is 1. The van der Waals surface area contributed by atoms with Gasteiger partial charge >= 0.3 is 12.0 Å². The van der Waals surface area contributed by atoms with E-state index >= 15 is 0 Å². The summed E-state index contributed by atoms with van der Waals surface area (Å²) < 4.78 is 0. The van der Waals surface area contributed by atoms with E-state index in [2.05, 4.69) is 5.92 Å². The Labute approximate surface area is 100 Å². The Hall–Kier alpha value is -2.21. The van der Waals surface area contributed by atoms with E-state index in [-0.39, 0.29) is 19.0 Å². The summed E-state index contributed by atoms with van der Waals surface area (Å²) in [6, 6.07) is 1.16. The Morgan fingerprint density at radius 3 is 2.53 bits per heavy atom. The van der Waals surface area contributed by atoms with Crippen molar-refractivity contribution in [3.05, 3.63) is 0 Å². The SMILES string of the molecule is C#CCN(CC(=O)O)C(=O)N(C)C(C)CC#N. The molecule has 0 aliphatic heterocycles. The highest BCUT2D eigenvalue weighted by atomic mass is 16.4. The molecule has 0 bridgehead atoms. The lowest BCUT2D eigenvalue weighted by atomic mass is 10.2. The third kappa shape index (κ3) is 4.89. The summed E-state index contributed by atoms with van der Waals surface area (Å²) in [5.74, 6) is 1.10. The number of hydrogen-bond donors (Lipinski definition) is 1. The van der Waals surface area contributed by atoms with Gasteiger partial charge in [0, 0.05) is 13.1 Å². The molecule has 0 fully saturated rings. The Morgan fingerprint density at radius 1 is 1.53 bits per heavy atom. The third-order valence-corrected chi connectivity index (χ3v) is 2.23. The molecule has 0 spiro atoms. The smallest absolute Gasteiger partial charge is 0.323 e. The molecule has 1 atom stereocenters. The highest BCUT2D eigenvalue weighted by Crippen LogP contribution is 2.05. The Kier molecular flexibility index (Phi) is 6.20. The first-order chi connectivity index (χ1) is 7.93. The number of carbonyl (C=O) groups is 2. The van der Waals surface area contributed by atoms with Crippen molar-refractivity contribution in [1.29, 1.82) is 5.26 Å². The van der Waals surface area contributed by atoms with Gasteiger partial charge in [-0.05, 0) is 6.92 Å². The van der Waals surface area contributed by atoms with Crippen molar-refractivity contribution < 1.29 is 14.7 Å². The molecule has 0 saturated carbocycles. The van der Waals surface area contributed by atoms with Crippen LogP contribution in [0.15, 0.2) is 0 Å². The van der Waals surface area contributed by atoms with Gasteiger partial charge in [-0.15, -0.1) is 6.42 Å². The normalized spacial score (nSPS) is 10.8. The van der Waals surface area contributed by atoms with Crippen LogP contribution in [0, 0.1) is 23.7 Å². The van der Waals surface area contributed by atoms with Crippen molar-refractivity contribution in [2.45, 2.75) is 19.4 Å². The fourth-order valence-electron chi connectivity index (χ4n) is 1.15. The van der Waals surface area contributed by atoms with E-state index in [1.54, 1.807) is 6.92 Å². The minimum atomic E-state index is -1.13. The maximum Gasteiger partial charge on any atom is 0.323 e. The summed E-state index contributed by atoms with van der Waals surface area (Å²) >= 11 is 0. The fourth-order valence-corrected chi connectivity index (χ4v) is 1.15. The maximum absolute atomic E-state index is 11.9. The highest BCUT2D eigenvalue weighted by molar-refractivity contribution is 5.80. The molecule has 1 unspecified atom stereocenters. The molecule has 1 N–H and O–H groups in total. The van der Waals surface area contributed by atoms with E-state index in [0.717, 1.165) is 4.90 Å². The first-order valence-corrected chi connectivity index (χ1v) is 4.98. The van der Waals surface area contributed by atoms with Crippen molar-refractivity contribution in [2.24, 2.45) is 0 Å². The molecule has 0 aromatic rings. The van der Waals surface area contributed by atoms with Gasteiger partial charge in [0.15, 0.2) is 0 Å². The summed E-state index contributed by atoms with van der Waals surface area (Å²) in [4.78, 5) is 24.8. The van der Waals surface area contributed by atoms with Crippen LogP contribution < -0.4 is 0 Å².